The molecular formula is C15H22Br2N2. The molecule has 2 unspecified atom stereocenters. The number of anilines is 1. The summed E-state index contributed by atoms with van der Waals surface area (Å²) in [6.45, 7) is 6.71. The third-order valence-electron chi connectivity index (χ3n) is 3.83. The second kappa shape index (κ2) is 7.09. The van der Waals surface area contributed by atoms with Gasteiger partial charge in [-0.1, -0.05) is 36.2 Å². The second-order valence-corrected chi connectivity index (χ2v) is 6.97. The van der Waals surface area contributed by atoms with Gasteiger partial charge in [0.2, 0.25) is 0 Å². The Morgan fingerprint density at radius 3 is 2.79 bits per heavy atom. The van der Waals surface area contributed by atoms with Crippen molar-refractivity contribution < 1.29 is 0 Å². The van der Waals surface area contributed by atoms with Gasteiger partial charge in [0.25, 0.3) is 0 Å². The average Bonchev–Trinajstić information content (AvgIpc) is 2.42. The van der Waals surface area contributed by atoms with Crippen LogP contribution in [0.1, 0.15) is 33.1 Å². The van der Waals surface area contributed by atoms with E-state index in [2.05, 4.69) is 74.1 Å². The Morgan fingerprint density at radius 2 is 2.11 bits per heavy atom. The summed E-state index contributed by atoms with van der Waals surface area (Å²) in [5, 5.41) is 3.69. The van der Waals surface area contributed by atoms with Gasteiger partial charge in [0.1, 0.15) is 0 Å². The lowest BCUT2D eigenvalue weighted by molar-refractivity contribution is 0.369. The third kappa shape index (κ3) is 3.73. The zero-order valence-electron chi connectivity index (χ0n) is 11.6. The Kier molecular flexibility index (Phi) is 5.72. The summed E-state index contributed by atoms with van der Waals surface area (Å²) in [6, 6.07) is 7.63. The van der Waals surface area contributed by atoms with Crippen molar-refractivity contribution >= 4 is 37.5 Å². The Hall–Kier alpha value is -0.0600. The smallest absolute Gasteiger partial charge is 0.0525 e. The predicted octanol–water partition coefficient (Wildman–Crippen LogP) is 4.57. The summed E-state index contributed by atoms with van der Waals surface area (Å²) in [6.07, 6.45) is 3.66. The molecule has 1 heterocycles. The maximum atomic E-state index is 3.70. The van der Waals surface area contributed by atoms with Crippen LogP contribution in [0.15, 0.2) is 27.1 Å². The molecule has 19 heavy (non-hydrogen) atoms. The number of hydrogen-bond donors (Lipinski definition) is 1. The molecule has 1 aliphatic heterocycles. The van der Waals surface area contributed by atoms with Gasteiger partial charge >= 0.3 is 0 Å². The van der Waals surface area contributed by atoms with Crippen molar-refractivity contribution in [2.75, 3.05) is 18.0 Å². The minimum Gasteiger partial charge on any atom is -0.365 e. The minimum absolute atomic E-state index is 0.582. The van der Waals surface area contributed by atoms with Crippen LogP contribution < -0.4 is 10.2 Å². The van der Waals surface area contributed by atoms with Crippen molar-refractivity contribution in [1.29, 1.82) is 0 Å². The second-order valence-electron chi connectivity index (χ2n) is 5.20. The number of benzene rings is 1. The lowest BCUT2D eigenvalue weighted by Gasteiger charge is -2.42. The summed E-state index contributed by atoms with van der Waals surface area (Å²) < 4.78 is 2.33. The number of piperazine rings is 1. The first-order valence-corrected chi connectivity index (χ1v) is 8.69. The van der Waals surface area contributed by atoms with Gasteiger partial charge in [0.05, 0.1) is 5.69 Å². The summed E-state index contributed by atoms with van der Waals surface area (Å²) >= 11 is 7.29. The fourth-order valence-corrected chi connectivity index (χ4v) is 3.59. The number of nitrogens with one attached hydrogen (secondary N) is 1. The van der Waals surface area contributed by atoms with Crippen LogP contribution in [0.4, 0.5) is 5.69 Å². The molecule has 1 N–H and O–H groups in total. The number of nitrogens with zero attached hydrogens (tertiary/aromatic N) is 1. The quantitative estimate of drug-likeness (QED) is 0.811. The van der Waals surface area contributed by atoms with Gasteiger partial charge in [-0.3, -0.25) is 0 Å². The van der Waals surface area contributed by atoms with E-state index in [-0.39, 0.29) is 0 Å². The van der Waals surface area contributed by atoms with Crippen LogP contribution in [0.5, 0.6) is 0 Å². The molecular weight excluding hydrogens is 368 g/mol. The molecule has 0 aliphatic carbocycles. The zero-order chi connectivity index (χ0) is 13.8. The van der Waals surface area contributed by atoms with Gasteiger partial charge in [-0.05, 0) is 47.0 Å². The molecule has 1 saturated heterocycles. The molecule has 0 aromatic heterocycles. The number of halogens is 2. The van der Waals surface area contributed by atoms with E-state index in [4.69, 9.17) is 0 Å². The Bertz CT molecular complexity index is 423. The van der Waals surface area contributed by atoms with Crippen LogP contribution in [0.25, 0.3) is 0 Å². The molecule has 1 aromatic rings. The van der Waals surface area contributed by atoms with E-state index < -0.39 is 0 Å². The minimum atomic E-state index is 0.582. The van der Waals surface area contributed by atoms with E-state index in [1.54, 1.807) is 0 Å². The highest BCUT2D eigenvalue weighted by Crippen LogP contribution is 2.32. The van der Waals surface area contributed by atoms with Gasteiger partial charge in [-0.25, -0.2) is 0 Å². The van der Waals surface area contributed by atoms with Gasteiger partial charge in [-0.15, -0.1) is 0 Å². The molecule has 2 nitrogen and oxygen atoms in total. The van der Waals surface area contributed by atoms with Crippen molar-refractivity contribution in [3.63, 3.8) is 0 Å². The summed E-state index contributed by atoms with van der Waals surface area (Å²) in [5.74, 6) is 0. The molecule has 1 aliphatic rings. The zero-order valence-corrected chi connectivity index (χ0v) is 14.8. The molecule has 0 radical (unpaired) electrons. The monoisotopic (exact) mass is 388 g/mol. The van der Waals surface area contributed by atoms with E-state index in [0.717, 1.165) is 17.6 Å². The van der Waals surface area contributed by atoms with E-state index in [1.807, 2.05) is 0 Å². The molecule has 106 valence electrons. The van der Waals surface area contributed by atoms with Crippen LogP contribution in [0.2, 0.25) is 0 Å². The van der Waals surface area contributed by atoms with Crippen molar-refractivity contribution in [3.05, 3.63) is 27.1 Å². The van der Waals surface area contributed by atoms with E-state index in [0.29, 0.717) is 12.1 Å². The summed E-state index contributed by atoms with van der Waals surface area (Å²) in [4.78, 5) is 2.56. The molecule has 0 spiro atoms. The highest BCUT2D eigenvalue weighted by molar-refractivity contribution is 9.11. The molecule has 0 saturated carbocycles. The largest absolute Gasteiger partial charge is 0.365 e. The highest BCUT2D eigenvalue weighted by Gasteiger charge is 2.27. The van der Waals surface area contributed by atoms with Crippen molar-refractivity contribution in [2.45, 2.75) is 45.2 Å². The van der Waals surface area contributed by atoms with E-state index >= 15 is 0 Å². The van der Waals surface area contributed by atoms with E-state index in [1.165, 1.54) is 29.4 Å². The van der Waals surface area contributed by atoms with Gasteiger partial charge in [0.15, 0.2) is 0 Å². The van der Waals surface area contributed by atoms with Gasteiger partial charge in [0, 0.05) is 34.1 Å². The molecule has 1 fully saturated rings. The number of rotatable bonds is 4. The van der Waals surface area contributed by atoms with Gasteiger partial charge in [-0.2, -0.15) is 0 Å². The standard InChI is InChI=1S/C15H22Br2N2/c1-3-5-12-10-19(13(4-2)9-18-12)15-8-11(16)6-7-14(15)17/h6-8,12-13,18H,3-5,9-10H2,1-2H3. The fourth-order valence-electron chi connectivity index (χ4n) is 2.77. The topological polar surface area (TPSA) is 15.3 Å². The van der Waals surface area contributed by atoms with Crippen LogP contribution >= 0.6 is 31.9 Å². The molecule has 4 heteroatoms. The normalized spacial score (nSPS) is 23.7. The lowest BCUT2D eigenvalue weighted by atomic mass is 10.0. The van der Waals surface area contributed by atoms with Gasteiger partial charge < -0.3 is 10.2 Å². The highest BCUT2D eigenvalue weighted by atomic mass is 79.9. The molecule has 0 amide bonds. The SMILES string of the molecule is CCCC1CN(c2cc(Br)ccc2Br)C(CC)CN1. The maximum absolute atomic E-state index is 3.70. The van der Waals surface area contributed by atoms with Crippen molar-refractivity contribution in [1.82, 2.24) is 5.32 Å². The average molecular weight is 390 g/mol. The Balaban J connectivity index is 2.24. The van der Waals surface area contributed by atoms with Crippen LogP contribution in [-0.2, 0) is 0 Å². The first-order valence-electron chi connectivity index (χ1n) is 7.10. The summed E-state index contributed by atoms with van der Waals surface area (Å²) in [7, 11) is 0. The fraction of sp³-hybridized carbons (Fsp3) is 0.600. The Morgan fingerprint density at radius 1 is 1.32 bits per heavy atom. The first-order chi connectivity index (χ1) is 9.15. The first kappa shape index (κ1) is 15.3. The maximum Gasteiger partial charge on any atom is 0.0525 e. The lowest BCUT2D eigenvalue weighted by Crippen LogP contribution is -2.56. The van der Waals surface area contributed by atoms with Crippen molar-refractivity contribution in [2.24, 2.45) is 0 Å². The van der Waals surface area contributed by atoms with E-state index in [9.17, 15) is 0 Å². The molecule has 0 bridgehead atoms. The molecule has 1 aromatic carbocycles. The third-order valence-corrected chi connectivity index (χ3v) is 4.99. The van der Waals surface area contributed by atoms with Crippen LogP contribution in [0, 0.1) is 0 Å². The van der Waals surface area contributed by atoms with Crippen LogP contribution in [0.3, 0.4) is 0 Å². The molecule has 2 atom stereocenters. The summed E-state index contributed by atoms with van der Waals surface area (Å²) in [5.41, 5.74) is 1.31. The number of hydrogen-bond acceptors (Lipinski definition) is 2. The predicted molar refractivity (Wildman–Crippen MR) is 90.0 cm³/mol. The Labute approximate surface area is 133 Å². The molecule has 2 rings (SSSR count). The van der Waals surface area contributed by atoms with Crippen LogP contribution in [-0.4, -0.2) is 25.2 Å². The van der Waals surface area contributed by atoms with Crippen molar-refractivity contribution in [3.8, 4) is 0 Å².